The number of urea groups is 1. The molecular weight excluding hydrogens is 422 g/mol. The molecule has 3 amide bonds. The molecule has 0 saturated heterocycles. The zero-order valence-corrected chi connectivity index (χ0v) is 20.7. The van der Waals surface area contributed by atoms with Gasteiger partial charge in [0.15, 0.2) is 0 Å². The summed E-state index contributed by atoms with van der Waals surface area (Å²) in [6, 6.07) is 21.2. The highest BCUT2D eigenvalue weighted by Gasteiger charge is 2.25. The van der Waals surface area contributed by atoms with Gasteiger partial charge in [-0.2, -0.15) is 0 Å². The van der Waals surface area contributed by atoms with Crippen LogP contribution in [0.4, 0.5) is 4.79 Å². The van der Waals surface area contributed by atoms with Crippen molar-refractivity contribution in [3.05, 3.63) is 71.8 Å². The maximum Gasteiger partial charge on any atom is 0.317 e. The summed E-state index contributed by atoms with van der Waals surface area (Å²) >= 11 is 0. The molecule has 0 unspecified atom stereocenters. The van der Waals surface area contributed by atoms with Crippen LogP contribution >= 0.6 is 0 Å². The highest BCUT2D eigenvalue weighted by molar-refractivity contribution is 5.78. The quantitative estimate of drug-likeness (QED) is 0.387. The van der Waals surface area contributed by atoms with Crippen molar-refractivity contribution in [3.63, 3.8) is 0 Å². The summed E-state index contributed by atoms with van der Waals surface area (Å²) in [4.78, 5) is 27.5. The number of nitrogens with one attached hydrogen (secondary N) is 2. The largest absolute Gasteiger partial charge is 0.356 e. The molecule has 2 N–H and O–H groups in total. The number of nitrogens with zero attached hydrogens (tertiary/aromatic N) is 1. The minimum atomic E-state index is -0.0126. The normalized spacial score (nSPS) is 14.1. The van der Waals surface area contributed by atoms with E-state index in [1.807, 2.05) is 17.0 Å². The molecule has 2 aromatic carbocycles. The van der Waals surface area contributed by atoms with Gasteiger partial charge in [-0.05, 0) is 36.8 Å². The van der Waals surface area contributed by atoms with Gasteiger partial charge in [-0.15, -0.1) is 0 Å². The van der Waals surface area contributed by atoms with Gasteiger partial charge in [-0.1, -0.05) is 93.3 Å². The molecule has 2 aromatic rings. The van der Waals surface area contributed by atoms with E-state index < -0.39 is 0 Å². The van der Waals surface area contributed by atoms with E-state index in [-0.39, 0.29) is 23.9 Å². The van der Waals surface area contributed by atoms with Crippen molar-refractivity contribution in [1.82, 2.24) is 15.5 Å². The molecule has 1 saturated carbocycles. The van der Waals surface area contributed by atoms with Crippen LogP contribution in [0.1, 0.15) is 81.8 Å². The summed E-state index contributed by atoms with van der Waals surface area (Å²) in [5.41, 5.74) is 2.52. The third-order valence-corrected chi connectivity index (χ3v) is 6.82. The van der Waals surface area contributed by atoms with E-state index >= 15 is 0 Å². The minimum absolute atomic E-state index is 0.0126. The van der Waals surface area contributed by atoms with E-state index in [1.54, 1.807) is 0 Å². The number of rotatable bonds is 12. The second-order valence-corrected chi connectivity index (χ2v) is 9.33. The molecule has 1 aliphatic rings. The Bertz CT molecular complexity index is 811. The van der Waals surface area contributed by atoms with Crippen molar-refractivity contribution in [2.24, 2.45) is 0 Å². The van der Waals surface area contributed by atoms with Gasteiger partial charge in [0, 0.05) is 38.0 Å². The Kier molecular flexibility index (Phi) is 11.0. The molecule has 0 radical (unpaired) electrons. The van der Waals surface area contributed by atoms with Gasteiger partial charge in [0.05, 0.1) is 0 Å². The van der Waals surface area contributed by atoms with Crippen molar-refractivity contribution in [2.75, 3.05) is 19.6 Å². The smallest absolute Gasteiger partial charge is 0.317 e. The van der Waals surface area contributed by atoms with Crippen LogP contribution in [0, 0.1) is 0 Å². The zero-order valence-electron chi connectivity index (χ0n) is 20.7. The SMILES string of the molecule is CCCCNC(=O)N(CCC(=O)NCCC(c1ccccc1)c1ccccc1)C1CCCCC1. The molecule has 0 aliphatic heterocycles. The summed E-state index contributed by atoms with van der Waals surface area (Å²) in [5.74, 6) is 0.257. The minimum Gasteiger partial charge on any atom is -0.356 e. The summed E-state index contributed by atoms with van der Waals surface area (Å²) in [7, 11) is 0. The lowest BCUT2D eigenvalue weighted by Gasteiger charge is -2.34. The second-order valence-electron chi connectivity index (χ2n) is 9.33. The van der Waals surface area contributed by atoms with Crippen LogP contribution in [0.25, 0.3) is 0 Å². The molecular formula is C29H41N3O2. The Morgan fingerprint density at radius 1 is 0.882 bits per heavy atom. The number of carbonyl (C=O) groups excluding carboxylic acids is 2. The van der Waals surface area contributed by atoms with E-state index in [1.165, 1.54) is 17.5 Å². The van der Waals surface area contributed by atoms with Gasteiger partial charge in [-0.3, -0.25) is 4.79 Å². The topological polar surface area (TPSA) is 61.4 Å². The Morgan fingerprint density at radius 2 is 1.50 bits per heavy atom. The van der Waals surface area contributed by atoms with Crippen LogP contribution < -0.4 is 10.6 Å². The molecule has 34 heavy (non-hydrogen) atoms. The predicted octanol–water partition coefficient (Wildman–Crippen LogP) is 5.86. The maximum atomic E-state index is 12.8. The molecule has 5 nitrogen and oxygen atoms in total. The van der Waals surface area contributed by atoms with Gasteiger partial charge >= 0.3 is 6.03 Å². The van der Waals surface area contributed by atoms with Crippen molar-refractivity contribution in [3.8, 4) is 0 Å². The molecule has 3 rings (SSSR count). The monoisotopic (exact) mass is 463 g/mol. The fraction of sp³-hybridized carbons (Fsp3) is 0.517. The van der Waals surface area contributed by atoms with Crippen molar-refractivity contribution >= 4 is 11.9 Å². The number of benzene rings is 2. The average molecular weight is 464 g/mol. The van der Waals surface area contributed by atoms with Crippen molar-refractivity contribution in [2.45, 2.75) is 76.7 Å². The Balaban J connectivity index is 1.52. The first-order chi connectivity index (χ1) is 16.7. The van der Waals surface area contributed by atoms with E-state index in [9.17, 15) is 9.59 Å². The zero-order chi connectivity index (χ0) is 24.0. The lowest BCUT2D eigenvalue weighted by atomic mass is 9.88. The predicted molar refractivity (Wildman–Crippen MR) is 139 cm³/mol. The standard InChI is InChI=1S/C29H41N3O2/c1-2-3-21-31-29(34)32(26-17-11-6-12-18-26)23-20-28(33)30-22-19-27(24-13-7-4-8-14-24)25-15-9-5-10-16-25/h4-5,7-10,13-16,26-27H,2-3,6,11-12,17-23H2,1H3,(H,30,33)(H,31,34). The summed E-state index contributed by atoms with van der Waals surface area (Å²) in [5, 5.41) is 6.16. The van der Waals surface area contributed by atoms with Gasteiger partial charge in [0.1, 0.15) is 0 Å². The summed E-state index contributed by atoms with van der Waals surface area (Å²) < 4.78 is 0. The second kappa shape index (κ2) is 14.4. The molecule has 1 fully saturated rings. The molecule has 184 valence electrons. The Labute approximate surface area is 205 Å². The van der Waals surface area contributed by atoms with Crippen LogP contribution in [-0.4, -0.2) is 42.5 Å². The van der Waals surface area contributed by atoms with Crippen LogP contribution in [-0.2, 0) is 4.79 Å². The fourth-order valence-corrected chi connectivity index (χ4v) is 4.88. The molecule has 0 spiro atoms. The maximum absolute atomic E-state index is 12.8. The van der Waals surface area contributed by atoms with Gasteiger partial charge < -0.3 is 15.5 Å². The van der Waals surface area contributed by atoms with Gasteiger partial charge in [-0.25, -0.2) is 4.79 Å². The van der Waals surface area contributed by atoms with Crippen LogP contribution in [0.2, 0.25) is 0 Å². The van der Waals surface area contributed by atoms with Crippen LogP contribution in [0.5, 0.6) is 0 Å². The number of hydrogen-bond acceptors (Lipinski definition) is 2. The average Bonchev–Trinajstić information content (AvgIpc) is 2.88. The number of amides is 3. The van der Waals surface area contributed by atoms with Crippen molar-refractivity contribution < 1.29 is 9.59 Å². The van der Waals surface area contributed by atoms with Gasteiger partial charge in [0.2, 0.25) is 5.91 Å². The molecule has 0 atom stereocenters. The Morgan fingerprint density at radius 3 is 2.09 bits per heavy atom. The summed E-state index contributed by atoms with van der Waals surface area (Å²) in [6.45, 7) is 3.91. The highest BCUT2D eigenvalue weighted by atomic mass is 16.2. The first-order valence-electron chi connectivity index (χ1n) is 13.1. The molecule has 0 bridgehead atoms. The Hall–Kier alpha value is -2.82. The highest BCUT2D eigenvalue weighted by Crippen LogP contribution is 2.27. The van der Waals surface area contributed by atoms with Crippen LogP contribution in [0.15, 0.2) is 60.7 Å². The third kappa shape index (κ3) is 8.19. The number of carbonyl (C=O) groups is 2. The van der Waals surface area contributed by atoms with E-state index in [4.69, 9.17) is 0 Å². The molecule has 0 aromatic heterocycles. The molecule has 0 heterocycles. The molecule has 5 heteroatoms. The third-order valence-electron chi connectivity index (χ3n) is 6.82. The fourth-order valence-electron chi connectivity index (χ4n) is 4.88. The first-order valence-corrected chi connectivity index (χ1v) is 13.1. The first kappa shape index (κ1) is 25.8. The molecule has 1 aliphatic carbocycles. The summed E-state index contributed by atoms with van der Waals surface area (Å²) in [6.07, 6.45) is 8.87. The lowest BCUT2D eigenvalue weighted by Crippen LogP contribution is -2.48. The van der Waals surface area contributed by atoms with E-state index in [0.29, 0.717) is 26.1 Å². The van der Waals surface area contributed by atoms with E-state index in [0.717, 1.165) is 44.9 Å². The number of unbranched alkanes of at least 4 members (excludes halogenated alkanes) is 1. The van der Waals surface area contributed by atoms with Crippen LogP contribution in [0.3, 0.4) is 0 Å². The number of hydrogen-bond donors (Lipinski definition) is 2. The van der Waals surface area contributed by atoms with Crippen molar-refractivity contribution in [1.29, 1.82) is 0 Å². The van der Waals surface area contributed by atoms with E-state index in [2.05, 4.69) is 66.1 Å². The lowest BCUT2D eigenvalue weighted by molar-refractivity contribution is -0.121. The van der Waals surface area contributed by atoms with Gasteiger partial charge in [0.25, 0.3) is 0 Å².